The minimum absolute atomic E-state index is 0.0691. The maximum absolute atomic E-state index is 12.2. The second kappa shape index (κ2) is 9.45. The molecule has 26 heavy (non-hydrogen) atoms. The number of aliphatic hydroxyl groups is 1. The largest absolute Gasteiger partial charge is 0.390 e. The molecule has 1 amide bonds. The average Bonchev–Trinajstić information content (AvgIpc) is 2.62. The maximum atomic E-state index is 12.2. The number of sulfonamides is 1. The van der Waals surface area contributed by atoms with Gasteiger partial charge in [0.05, 0.1) is 17.1 Å². The van der Waals surface area contributed by atoms with Crippen LogP contribution in [0.5, 0.6) is 0 Å². The van der Waals surface area contributed by atoms with Crippen LogP contribution in [-0.2, 0) is 19.6 Å². The Balaban J connectivity index is 1.70. The van der Waals surface area contributed by atoms with Crippen LogP contribution in [0.25, 0.3) is 0 Å². The molecule has 3 atom stereocenters. The number of carbonyl (C=O) groups is 1. The smallest absolute Gasteiger partial charge is 0.240 e. The van der Waals surface area contributed by atoms with Crippen molar-refractivity contribution in [3.8, 4) is 0 Å². The molecular weight excluding hydrogens is 356 g/mol. The molecule has 2 rings (SSSR count). The summed E-state index contributed by atoms with van der Waals surface area (Å²) >= 11 is 0. The summed E-state index contributed by atoms with van der Waals surface area (Å²) in [5, 5.41) is 12.6. The van der Waals surface area contributed by atoms with E-state index < -0.39 is 16.1 Å². The second-order valence-corrected chi connectivity index (χ2v) is 8.47. The SMILES string of the molecule is CO[C@@H]1C[C@H](C(=O)NCCCNS(=O)(=O)c2ccc(C)cc2)CC[C@@H]1O. The first-order valence-electron chi connectivity index (χ1n) is 8.88. The lowest BCUT2D eigenvalue weighted by Crippen LogP contribution is -2.42. The molecule has 1 fully saturated rings. The number of ether oxygens (including phenoxy) is 1. The molecular formula is C18H28N2O5S. The van der Waals surface area contributed by atoms with Gasteiger partial charge in [0.2, 0.25) is 15.9 Å². The van der Waals surface area contributed by atoms with Crippen LogP contribution in [-0.4, -0.2) is 51.8 Å². The first-order valence-corrected chi connectivity index (χ1v) is 10.4. The van der Waals surface area contributed by atoms with E-state index in [1.165, 1.54) is 7.11 Å². The number of rotatable bonds is 8. The van der Waals surface area contributed by atoms with Gasteiger partial charge in [0, 0.05) is 26.1 Å². The third kappa shape index (κ3) is 5.77. The van der Waals surface area contributed by atoms with Crippen molar-refractivity contribution in [1.82, 2.24) is 10.0 Å². The molecule has 0 unspecified atom stereocenters. The number of hydrogen-bond donors (Lipinski definition) is 3. The van der Waals surface area contributed by atoms with Crippen LogP contribution in [0.15, 0.2) is 29.2 Å². The van der Waals surface area contributed by atoms with Gasteiger partial charge >= 0.3 is 0 Å². The van der Waals surface area contributed by atoms with Gasteiger partial charge in [-0.25, -0.2) is 13.1 Å². The molecule has 0 heterocycles. The first-order chi connectivity index (χ1) is 12.3. The number of methoxy groups -OCH3 is 1. The first kappa shape index (κ1) is 20.8. The average molecular weight is 384 g/mol. The molecule has 1 aliphatic rings. The molecule has 0 aromatic heterocycles. The van der Waals surface area contributed by atoms with Crippen LogP contribution in [0.2, 0.25) is 0 Å². The van der Waals surface area contributed by atoms with Gasteiger partial charge in [-0.1, -0.05) is 17.7 Å². The Bertz CT molecular complexity index is 690. The molecule has 0 radical (unpaired) electrons. The third-order valence-corrected chi connectivity index (χ3v) is 6.18. The van der Waals surface area contributed by atoms with Gasteiger partial charge in [0.1, 0.15) is 0 Å². The van der Waals surface area contributed by atoms with Gasteiger partial charge in [-0.15, -0.1) is 0 Å². The zero-order valence-corrected chi connectivity index (χ0v) is 16.1. The van der Waals surface area contributed by atoms with Crippen LogP contribution in [0.3, 0.4) is 0 Å². The minimum atomic E-state index is -3.52. The van der Waals surface area contributed by atoms with Gasteiger partial charge < -0.3 is 15.2 Å². The van der Waals surface area contributed by atoms with Gasteiger partial charge in [-0.3, -0.25) is 4.79 Å². The second-order valence-electron chi connectivity index (χ2n) is 6.71. The zero-order chi connectivity index (χ0) is 19.2. The van der Waals surface area contributed by atoms with E-state index in [2.05, 4.69) is 10.0 Å². The molecule has 3 N–H and O–H groups in total. The van der Waals surface area contributed by atoms with Gasteiger partial charge in [0.25, 0.3) is 0 Å². The van der Waals surface area contributed by atoms with Crippen LogP contribution >= 0.6 is 0 Å². The van der Waals surface area contributed by atoms with Crippen LogP contribution in [0.1, 0.15) is 31.2 Å². The highest BCUT2D eigenvalue weighted by molar-refractivity contribution is 7.89. The summed E-state index contributed by atoms with van der Waals surface area (Å²) in [6.07, 6.45) is 1.37. The topological polar surface area (TPSA) is 105 Å². The number of benzene rings is 1. The molecule has 1 aliphatic carbocycles. The minimum Gasteiger partial charge on any atom is -0.390 e. The summed E-state index contributed by atoms with van der Waals surface area (Å²) in [7, 11) is -1.99. The standard InChI is InChI=1S/C18H28N2O5S/c1-13-4-7-15(8-5-13)26(23,24)20-11-3-10-19-18(22)14-6-9-16(21)17(12-14)25-2/h4-5,7-8,14,16-17,20-21H,3,6,9-12H2,1-2H3,(H,19,22)/t14-,16+,17-/m1/s1. The van der Waals surface area contributed by atoms with E-state index in [1.807, 2.05) is 6.92 Å². The summed E-state index contributed by atoms with van der Waals surface area (Å²) in [5.41, 5.74) is 0.998. The van der Waals surface area contributed by atoms with Crippen molar-refractivity contribution in [1.29, 1.82) is 0 Å². The monoisotopic (exact) mass is 384 g/mol. The Hall–Kier alpha value is -1.48. The number of carbonyl (C=O) groups excluding carboxylic acids is 1. The summed E-state index contributed by atoms with van der Waals surface area (Å²) in [6, 6.07) is 6.65. The maximum Gasteiger partial charge on any atom is 0.240 e. The van der Waals surface area contributed by atoms with Crippen LogP contribution < -0.4 is 10.0 Å². The van der Waals surface area contributed by atoms with E-state index >= 15 is 0 Å². The van der Waals surface area contributed by atoms with E-state index in [4.69, 9.17) is 4.74 Å². The Kier molecular flexibility index (Phi) is 7.57. The van der Waals surface area contributed by atoms with Crippen molar-refractivity contribution in [2.45, 2.75) is 49.7 Å². The molecule has 146 valence electrons. The fraction of sp³-hybridized carbons (Fsp3) is 0.611. The molecule has 1 aromatic carbocycles. The Morgan fingerprint density at radius 3 is 2.58 bits per heavy atom. The number of nitrogens with one attached hydrogen (secondary N) is 2. The van der Waals surface area contributed by atoms with Gasteiger partial charge in [0.15, 0.2) is 0 Å². The summed E-state index contributed by atoms with van der Waals surface area (Å²) < 4.78 is 32.0. The fourth-order valence-electron chi connectivity index (χ4n) is 3.06. The molecule has 7 nitrogen and oxygen atoms in total. The fourth-order valence-corrected chi connectivity index (χ4v) is 4.13. The van der Waals surface area contributed by atoms with Crippen LogP contribution in [0, 0.1) is 12.8 Å². The number of aryl methyl sites for hydroxylation is 1. The van der Waals surface area contributed by atoms with E-state index in [-0.39, 0.29) is 29.4 Å². The molecule has 0 saturated heterocycles. The van der Waals surface area contributed by atoms with E-state index in [1.54, 1.807) is 24.3 Å². The Morgan fingerprint density at radius 2 is 1.92 bits per heavy atom. The van der Waals surface area contributed by atoms with Crippen molar-refractivity contribution < 1.29 is 23.1 Å². The lowest BCUT2D eigenvalue weighted by atomic mass is 9.84. The predicted octanol–water partition coefficient (Wildman–Crippen LogP) is 0.956. The summed E-state index contributed by atoms with van der Waals surface area (Å²) in [5.74, 6) is -0.243. The lowest BCUT2D eigenvalue weighted by molar-refractivity contribution is -0.130. The van der Waals surface area contributed by atoms with Gasteiger partial charge in [-0.05, 0) is 44.7 Å². The normalized spacial score (nSPS) is 23.6. The van der Waals surface area contributed by atoms with E-state index in [0.717, 1.165) is 5.56 Å². The van der Waals surface area contributed by atoms with Gasteiger partial charge in [-0.2, -0.15) is 0 Å². The highest BCUT2D eigenvalue weighted by Gasteiger charge is 2.32. The Labute approximate surface area is 155 Å². The van der Waals surface area contributed by atoms with Crippen molar-refractivity contribution in [3.63, 3.8) is 0 Å². The predicted molar refractivity (Wildman–Crippen MR) is 98.1 cm³/mol. The molecule has 0 bridgehead atoms. The third-order valence-electron chi connectivity index (χ3n) is 4.71. The molecule has 1 aromatic rings. The van der Waals surface area contributed by atoms with Crippen molar-refractivity contribution in [3.05, 3.63) is 29.8 Å². The molecule has 8 heteroatoms. The van der Waals surface area contributed by atoms with Crippen LogP contribution in [0.4, 0.5) is 0 Å². The van der Waals surface area contributed by atoms with E-state index in [0.29, 0.717) is 32.2 Å². The summed E-state index contributed by atoms with van der Waals surface area (Å²) in [4.78, 5) is 12.4. The van der Waals surface area contributed by atoms with E-state index in [9.17, 15) is 18.3 Å². The highest BCUT2D eigenvalue weighted by atomic mass is 32.2. The molecule has 1 saturated carbocycles. The number of hydrogen-bond acceptors (Lipinski definition) is 5. The number of aliphatic hydroxyl groups excluding tert-OH is 1. The zero-order valence-electron chi connectivity index (χ0n) is 15.3. The highest BCUT2D eigenvalue weighted by Crippen LogP contribution is 2.26. The molecule has 0 aliphatic heterocycles. The van der Waals surface area contributed by atoms with Crippen molar-refractivity contribution in [2.24, 2.45) is 5.92 Å². The quantitative estimate of drug-likeness (QED) is 0.579. The van der Waals surface area contributed by atoms with Crippen molar-refractivity contribution in [2.75, 3.05) is 20.2 Å². The summed E-state index contributed by atoms with van der Waals surface area (Å²) in [6.45, 7) is 2.54. The number of amides is 1. The Morgan fingerprint density at radius 1 is 1.23 bits per heavy atom. The van der Waals surface area contributed by atoms with Crippen molar-refractivity contribution >= 4 is 15.9 Å². The molecule has 0 spiro atoms. The lowest BCUT2D eigenvalue weighted by Gasteiger charge is -2.31.